The van der Waals surface area contributed by atoms with Crippen LogP contribution in [0, 0.1) is 5.92 Å². The number of anilines is 1. The van der Waals surface area contributed by atoms with E-state index in [1.54, 1.807) is 25.1 Å². The number of halogens is 1. The van der Waals surface area contributed by atoms with Gasteiger partial charge < -0.3 is 14.8 Å². The average molecular weight is 369 g/mol. The third kappa shape index (κ3) is 5.09. The third-order valence-electron chi connectivity index (χ3n) is 4.42. The Morgan fingerprint density at radius 1 is 1.44 bits per heavy atom. The van der Waals surface area contributed by atoms with E-state index in [0.717, 1.165) is 19.4 Å². The number of hydrogen-bond donors (Lipinski definition) is 1. The summed E-state index contributed by atoms with van der Waals surface area (Å²) in [4.78, 5) is 26.5. The number of likely N-dealkylation sites (tertiary alicyclic amines) is 1. The predicted molar refractivity (Wildman–Crippen MR) is 97.0 cm³/mol. The number of carbonyl (C=O) groups excluding carboxylic acids is 2. The molecule has 0 aromatic heterocycles. The number of carbonyl (C=O) groups is 2. The van der Waals surface area contributed by atoms with Gasteiger partial charge in [0.15, 0.2) is 0 Å². The monoisotopic (exact) mass is 368 g/mol. The van der Waals surface area contributed by atoms with Crippen LogP contribution in [0.4, 0.5) is 5.69 Å². The van der Waals surface area contributed by atoms with Gasteiger partial charge in [-0.25, -0.2) is 0 Å². The van der Waals surface area contributed by atoms with Crippen LogP contribution in [0.5, 0.6) is 5.75 Å². The average Bonchev–Trinajstić information content (AvgIpc) is 2.61. The summed E-state index contributed by atoms with van der Waals surface area (Å²) >= 11 is 6.09. The fourth-order valence-electron chi connectivity index (χ4n) is 2.97. The van der Waals surface area contributed by atoms with E-state index in [4.69, 9.17) is 21.1 Å². The number of ether oxygens (including phenoxy) is 2. The summed E-state index contributed by atoms with van der Waals surface area (Å²) in [6.07, 6.45) is 1.67. The van der Waals surface area contributed by atoms with Crippen molar-refractivity contribution in [2.75, 3.05) is 32.1 Å². The van der Waals surface area contributed by atoms with Crippen LogP contribution in [0.1, 0.15) is 26.7 Å². The highest BCUT2D eigenvalue weighted by atomic mass is 35.5. The Morgan fingerprint density at radius 3 is 2.84 bits per heavy atom. The summed E-state index contributed by atoms with van der Waals surface area (Å²) in [5.74, 6) is 0.0768. The van der Waals surface area contributed by atoms with Gasteiger partial charge in [0.05, 0.1) is 30.7 Å². The number of amides is 1. The molecule has 7 heteroatoms. The molecule has 2 rings (SSSR count). The van der Waals surface area contributed by atoms with Crippen molar-refractivity contribution < 1.29 is 19.1 Å². The molecular formula is C18H25ClN2O4. The van der Waals surface area contributed by atoms with Gasteiger partial charge in [0.2, 0.25) is 5.91 Å². The minimum atomic E-state index is -0.349. The molecule has 0 aliphatic carbocycles. The van der Waals surface area contributed by atoms with Crippen LogP contribution in [0.25, 0.3) is 0 Å². The van der Waals surface area contributed by atoms with Crippen molar-refractivity contribution in [2.45, 2.75) is 32.7 Å². The van der Waals surface area contributed by atoms with Crippen molar-refractivity contribution in [1.29, 1.82) is 0 Å². The van der Waals surface area contributed by atoms with E-state index in [1.165, 1.54) is 7.11 Å². The highest BCUT2D eigenvalue weighted by molar-refractivity contribution is 6.32. The van der Waals surface area contributed by atoms with Crippen LogP contribution in [0.2, 0.25) is 5.02 Å². The van der Waals surface area contributed by atoms with Crippen LogP contribution >= 0.6 is 11.6 Å². The fourth-order valence-corrected chi connectivity index (χ4v) is 3.23. The van der Waals surface area contributed by atoms with Gasteiger partial charge in [0, 0.05) is 12.2 Å². The first-order valence-electron chi connectivity index (χ1n) is 8.51. The van der Waals surface area contributed by atoms with Gasteiger partial charge in [0.1, 0.15) is 5.75 Å². The first-order valence-corrected chi connectivity index (χ1v) is 8.89. The Labute approximate surface area is 153 Å². The van der Waals surface area contributed by atoms with Crippen LogP contribution < -0.4 is 10.1 Å². The smallest absolute Gasteiger partial charge is 0.310 e. The highest BCUT2D eigenvalue weighted by Gasteiger charge is 2.31. The van der Waals surface area contributed by atoms with E-state index in [-0.39, 0.29) is 23.8 Å². The second-order valence-corrected chi connectivity index (χ2v) is 6.51. The van der Waals surface area contributed by atoms with Gasteiger partial charge in [-0.1, -0.05) is 11.6 Å². The largest absolute Gasteiger partial charge is 0.495 e. The Bertz CT molecular complexity index is 623. The van der Waals surface area contributed by atoms with Crippen LogP contribution in [0.15, 0.2) is 18.2 Å². The second-order valence-electron chi connectivity index (χ2n) is 6.10. The van der Waals surface area contributed by atoms with Crippen molar-refractivity contribution >= 4 is 29.2 Å². The Kier molecular flexibility index (Phi) is 7.08. The van der Waals surface area contributed by atoms with Crippen molar-refractivity contribution in [3.63, 3.8) is 0 Å². The van der Waals surface area contributed by atoms with E-state index in [2.05, 4.69) is 5.32 Å². The highest BCUT2D eigenvalue weighted by Crippen LogP contribution is 2.27. The molecule has 1 amide bonds. The first-order chi connectivity index (χ1) is 12.0. The van der Waals surface area contributed by atoms with Crippen molar-refractivity contribution in [2.24, 2.45) is 5.92 Å². The second kappa shape index (κ2) is 9.06. The van der Waals surface area contributed by atoms with Gasteiger partial charge in [-0.2, -0.15) is 0 Å². The summed E-state index contributed by atoms with van der Waals surface area (Å²) in [5.41, 5.74) is 0.613. The zero-order valence-corrected chi connectivity index (χ0v) is 15.6. The Balaban J connectivity index is 1.97. The number of piperidine rings is 1. The summed E-state index contributed by atoms with van der Waals surface area (Å²) in [6.45, 7) is 5.34. The van der Waals surface area contributed by atoms with Crippen molar-refractivity contribution in [3.05, 3.63) is 23.2 Å². The standard InChI is InChI=1S/C18H25ClN2O4/c1-4-25-18(23)13-6-5-9-21(11-13)12(2)17(22)20-14-7-8-16(24-3)15(19)10-14/h7-8,10,12-13H,4-6,9,11H2,1-3H3,(H,20,22)/t12-,13+/m0/s1. The molecule has 1 saturated heterocycles. The molecule has 1 aromatic carbocycles. The van der Waals surface area contributed by atoms with Crippen molar-refractivity contribution in [1.82, 2.24) is 4.90 Å². The minimum absolute atomic E-state index is 0.134. The molecule has 1 N–H and O–H groups in total. The molecule has 2 atom stereocenters. The van der Waals surface area contributed by atoms with E-state index in [9.17, 15) is 9.59 Å². The number of esters is 1. The molecule has 1 aromatic rings. The maximum Gasteiger partial charge on any atom is 0.310 e. The number of rotatable bonds is 6. The lowest BCUT2D eigenvalue weighted by molar-refractivity contribution is -0.150. The molecule has 1 aliphatic rings. The number of nitrogens with one attached hydrogen (secondary N) is 1. The molecule has 1 fully saturated rings. The normalized spacial score (nSPS) is 19.1. The molecular weight excluding hydrogens is 344 g/mol. The van der Waals surface area contributed by atoms with Gasteiger partial charge in [-0.15, -0.1) is 0 Å². The van der Waals surface area contributed by atoms with Crippen LogP contribution in [0.3, 0.4) is 0 Å². The summed E-state index contributed by atoms with van der Waals surface area (Å²) in [5, 5.41) is 3.30. The number of nitrogens with zero attached hydrogens (tertiary/aromatic N) is 1. The van der Waals surface area contributed by atoms with E-state index in [0.29, 0.717) is 29.6 Å². The van der Waals surface area contributed by atoms with Gasteiger partial charge in [-0.3, -0.25) is 14.5 Å². The predicted octanol–water partition coefficient (Wildman–Crippen LogP) is 2.95. The quantitative estimate of drug-likeness (QED) is 0.782. The van der Waals surface area contributed by atoms with E-state index >= 15 is 0 Å². The lowest BCUT2D eigenvalue weighted by Gasteiger charge is -2.35. The molecule has 0 radical (unpaired) electrons. The maximum atomic E-state index is 12.5. The SMILES string of the molecule is CCOC(=O)[C@@H]1CCCN([C@@H](C)C(=O)Nc2ccc(OC)c(Cl)c2)C1. The minimum Gasteiger partial charge on any atom is -0.495 e. The number of methoxy groups -OCH3 is 1. The zero-order chi connectivity index (χ0) is 18.4. The first kappa shape index (κ1) is 19.5. The Hall–Kier alpha value is -1.79. The molecule has 0 unspecified atom stereocenters. The lowest BCUT2D eigenvalue weighted by Crippen LogP contribution is -2.48. The molecule has 0 saturated carbocycles. The molecule has 138 valence electrons. The molecule has 1 heterocycles. The molecule has 1 aliphatic heterocycles. The van der Waals surface area contributed by atoms with E-state index in [1.807, 2.05) is 11.8 Å². The van der Waals surface area contributed by atoms with Gasteiger partial charge in [0.25, 0.3) is 0 Å². The number of hydrogen-bond acceptors (Lipinski definition) is 5. The fraction of sp³-hybridized carbons (Fsp3) is 0.556. The van der Waals surface area contributed by atoms with E-state index < -0.39 is 0 Å². The summed E-state index contributed by atoms with van der Waals surface area (Å²) < 4.78 is 10.2. The third-order valence-corrected chi connectivity index (χ3v) is 4.71. The molecule has 25 heavy (non-hydrogen) atoms. The number of benzene rings is 1. The molecule has 6 nitrogen and oxygen atoms in total. The van der Waals surface area contributed by atoms with Crippen LogP contribution in [-0.2, 0) is 14.3 Å². The summed E-state index contributed by atoms with van der Waals surface area (Å²) in [7, 11) is 1.54. The maximum absolute atomic E-state index is 12.5. The summed E-state index contributed by atoms with van der Waals surface area (Å²) in [6, 6.07) is 4.76. The Morgan fingerprint density at radius 2 is 2.20 bits per heavy atom. The molecule has 0 bridgehead atoms. The van der Waals surface area contributed by atoms with Crippen molar-refractivity contribution in [3.8, 4) is 5.75 Å². The van der Waals surface area contributed by atoms with Crippen LogP contribution in [-0.4, -0.2) is 49.6 Å². The van der Waals surface area contributed by atoms with Gasteiger partial charge >= 0.3 is 5.97 Å². The van der Waals surface area contributed by atoms with Gasteiger partial charge in [-0.05, 0) is 51.4 Å². The zero-order valence-electron chi connectivity index (χ0n) is 14.9. The molecule has 0 spiro atoms. The topological polar surface area (TPSA) is 67.9 Å². The lowest BCUT2D eigenvalue weighted by atomic mass is 9.97.